The average Bonchev–Trinajstić information content (AvgIpc) is 3.33. The number of furan rings is 1. The number of anilines is 2. The summed E-state index contributed by atoms with van der Waals surface area (Å²) in [5.41, 5.74) is 3.57. The van der Waals surface area contributed by atoms with Crippen molar-refractivity contribution < 1.29 is 16.0 Å². The molecule has 2 aromatic carbocycles. The molecule has 7 rings (SSSR count). The molecule has 40 heavy (non-hydrogen) atoms. The Morgan fingerprint density at radius 2 is 1.45 bits per heavy atom. The zero-order chi connectivity index (χ0) is 33.1. The maximum absolute atomic E-state index is 9.91. The summed E-state index contributed by atoms with van der Waals surface area (Å²) in [4.78, 5) is 2.31. The Balaban J connectivity index is 1.75. The molecule has 0 amide bonds. The summed E-state index contributed by atoms with van der Waals surface area (Å²) in [6.45, 7) is 22.3. The van der Waals surface area contributed by atoms with Crippen LogP contribution >= 0.6 is 0 Å². The van der Waals surface area contributed by atoms with E-state index in [2.05, 4.69) is 39.5 Å². The Bertz CT molecular complexity index is 1840. The fourth-order valence-corrected chi connectivity index (χ4v) is 7.49. The van der Waals surface area contributed by atoms with Crippen LogP contribution < -0.4 is 26.0 Å². The first kappa shape index (κ1) is 21.1. The van der Waals surface area contributed by atoms with Crippen LogP contribution in [-0.2, 0) is 21.7 Å². The molecule has 4 heteroatoms. The largest absolute Gasteiger partial charge is 0.430 e. The Hall–Kier alpha value is -2.62. The highest BCUT2D eigenvalue weighted by molar-refractivity contribution is 6.99. The summed E-state index contributed by atoms with van der Waals surface area (Å²) in [5, 5.41) is 0. The summed E-state index contributed by atoms with van der Waals surface area (Å²) >= 11 is 0. The maximum Gasteiger partial charge on any atom is 0.284 e. The van der Waals surface area contributed by atoms with E-state index in [1.54, 1.807) is 0 Å². The van der Waals surface area contributed by atoms with Gasteiger partial charge in [-0.2, -0.15) is 0 Å². The van der Waals surface area contributed by atoms with Crippen LogP contribution in [0.5, 0.6) is 11.7 Å². The van der Waals surface area contributed by atoms with Gasteiger partial charge in [-0.25, -0.2) is 0 Å². The topological polar surface area (TPSA) is 25.6 Å². The van der Waals surface area contributed by atoms with Gasteiger partial charge in [0.2, 0.25) is 0 Å². The van der Waals surface area contributed by atoms with E-state index < -0.39 is 33.9 Å². The molecule has 1 aromatic heterocycles. The first-order chi connectivity index (χ1) is 20.6. The van der Waals surface area contributed by atoms with Gasteiger partial charge in [0.1, 0.15) is 11.5 Å². The molecule has 1 saturated carbocycles. The molecule has 0 radical (unpaired) electrons. The van der Waals surface area contributed by atoms with Crippen molar-refractivity contribution in [3.8, 4) is 11.7 Å². The van der Waals surface area contributed by atoms with E-state index in [0.717, 1.165) is 42.4 Å². The van der Waals surface area contributed by atoms with Crippen molar-refractivity contribution in [1.29, 1.82) is 0 Å². The van der Waals surface area contributed by atoms with Crippen LogP contribution in [-0.4, -0.2) is 12.3 Å². The van der Waals surface area contributed by atoms with Gasteiger partial charge in [-0.3, -0.25) is 0 Å². The molecule has 1 aliphatic carbocycles. The fourth-order valence-electron chi connectivity index (χ4n) is 7.49. The van der Waals surface area contributed by atoms with Gasteiger partial charge in [-0.1, -0.05) is 94.2 Å². The van der Waals surface area contributed by atoms with Crippen LogP contribution in [0.3, 0.4) is 0 Å². The molecule has 3 nitrogen and oxygen atoms in total. The van der Waals surface area contributed by atoms with Crippen LogP contribution in [0.2, 0.25) is 0 Å². The number of nitrogens with zero attached hydrogens (tertiary/aromatic N) is 1. The molecule has 3 aromatic rings. The van der Waals surface area contributed by atoms with E-state index in [4.69, 9.17) is 9.15 Å². The predicted octanol–water partition coefficient (Wildman–Crippen LogP) is 7.85. The van der Waals surface area contributed by atoms with Crippen LogP contribution in [0.4, 0.5) is 11.4 Å². The third kappa shape index (κ3) is 3.25. The second-order valence-electron chi connectivity index (χ2n) is 16.2. The lowest BCUT2D eigenvalue weighted by Crippen LogP contribution is -2.63. The summed E-state index contributed by atoms with van der Waals surface area (Å²) in [7, 11) is 0. The van der Waals surface area contributed by atoms with Crippen LogP contribution in [0.15, 0.2) is 34.6 Å². The highest BCUT2D eigenvalue weighted by Crippen LogP contribution is 2.62. The van der Waals surface area contributed by atoms with Gasteiger partial charge >= 0.3 is 0 Å². The summed E-state index contributed by atoms with van der Waals surface area (Å²) in [6, 6.07) is 1.47. The second-order valence-corrected chi connectivity index (χ2v) is 16.2. The molecule has 0 spiro atoms. The number of ether oxygens (including phenoxy) is 1. The molecule has 0 saturated heterocycles. The molecule has 210 valence electrons. The first-order valence-corrected chi connectivity index (χ1v) is 15.1. The lowest BCUT2D eigenvalue weighted by Gasteiger charge is -2.52. The molecule has 2 atom stereocenters. The Morgan fingerprint density at radius 3 is 2.10 bits per heavy atom. The minimum atomic E-state index is -0.625. The van der Waals surface area contributed by atoms with E-state index >= 15 is 0 Å². The zero-order valence-corrected chi connectivity index (χ0v) is 26.2. The smallest absolute Gasteiger partial charge is 0.284 e. The Morgan fingerprint density at radius 1 is 0.800 bits per heavy atom. The summed E-state index contributed by atoms with van der Waals surface area (Å²) in [5.74, 6) is 1.08. The molecule has 4 heterocycles. The average molecular weight is 541 g/mol. The van der Waals surface area contributed by atoms with Crippen molar-refractivity contribution in [3.05, 3.63) is 52.7 Å². The second kappa shape index (κ2) is 7.61. The lowest BCUT2D eigenvalue weighted by atomic mass is 9.34. The number of hydrogen-bond acceptors (Lipinski definition) is 3. The van der Waals surface area contributed by atoms with Gasteiger partial charge in [-0.05, 0) is 76.3 Å². The van der Waals surface area contributed by atoms with E-state index in [-0.39, 0.29) is 18.0 Å². The number of hydrogen-bond donors (Lipinski definition) is 0. The van der Waals surface area contributed by atoms with Crippen molar-refractivity contribution in [2.24, 2.45) is 0 Å². The Kier molecular flexibility index (Phi) is 4.02. The normalized spacial score (nSPS) is 26.5. The van der Waals surface area contributed by atoms with Crippen molar-refractivity contribution in [2.75, 3.05) is 4.90 Å². The zero-order valence-electron chi connectivity index (χ0n) is 31.2. The highest BCUT2D eigenvalue weighted by atomic mass is 16.6. The Labute approximate surface area is 248 Å². The quantitative estimate of drug-likeness (QED) is 0.213. The number of rotatable bonds is 0. The number of benzene rings is 2. The molecule has 1 fully saturated rings. The monoisotopic (exact) mass is 540 g/mol. The molecule has 4 aliphatic rings. The fraction of sp³-hybridized carbons (Fsp3) is 0.556. The van der Waals surface area contributed by atoms with Gasteiger partial charge in [-0.15, -0.1) is 0 Å². The van der Waals surface area contributed by atoms with E-state index in [0.29, 0.717) is 57.4 Å². The minimum absolute atomic E-state index is 0.168. The number of fused-ring (bicyclic) bond motifs is 7. The molecule has 0 bridgehead atoms. The summed E-state index contributed by atoms with van der Waals surface area (Å²) < 4.78 is 61.6. The minimum Gasteiger partial charge on any atom is -0.430 e. The van der Waals surface area contributed by atoms with Gasteiger partial charge in [0.25, 0.3) is 12.7 Å². The standard InChI is InChI=1S/C36H46BNO2/c1-32(2,3)21-16-23-30-24(17-21)37-25-20-28(34(7,8)9)40-31(25)39-27-19-22(33(4,5)6)18-26(29(27)37)38(30)36(11)15-13-12-14-35(23,36)10/h16-20H,12-15H2,1-11H3/i16D,17D,18D,19D,20D. The van der Waals surface area contributed by atoms with E-state index in [1.165, 1.54) is 0 Å². The SMILES string of the molecule is [2H]c1c(C(C)(C)C)oc2c1B1c3c(c([2H])c(C(C)(C)C)c([2H])c3N3c4c1c([2H])c(C(C)(C)C)c([2H])c4C1(C)CCCCC31C)O2. The van der Waals surface area contributed by atoms with Gasteiger partial charge in [0, 0.05) is 27.7 Å². The highest BCUT2D eigenvalue weighted by Gasteiger charge is 2.61. The van der Waals surface area contributed by atoms with Crippen LogP contribution in [0.25, 0.3) is 0 Å². The van der Waals surface area contributed by atoms with Gasteiger partial charge < -0.3 is 14.1 Å². The molecule has 3 aliphatic heterocycles. The third-order valence-corrected chi connectivity index (χ3v) is 10.2. The molecule has 2 unspecified atom stereocenters. The molecule has 0 N–H and O–H groups in total. The van der Waals surface area contributed by atoms with Gasteiger partial charge in [0.05, 0.1) is 12.4 Å². The predicted molar refractivity (Wildman–Crippen MR) is 169 cm³/mol. The lowest BCUT2D eigenvalue weighted by molar-refractivity contribution is 0.195. The van der Waals surface area contributed by atoms with Crippen molar-refractivity contribution in [2.45, 2.75) is 129 Å². The van der Waals surface area contributed by atoms with Crippen molar-refractivity contribution in [3.63, 3.8) is 0 Å². The first-order valence-electron chi connectivity index (χ1n) is 17.6. The van der Waals surface area contributed by atoms with Crippen molar-refractivity contribution >= 4 is 34.5 Å². The van der Waals surface area contributed by atoms with E-state index in [1.807, 2.05) is 41.5 Å². The van der Waals surface area contributed by atoms with Crippen LogP contribution in [0, 0.1) is 0 Å². The maximum atomic E-state index is 9.91. The molecular formula is C36H46BNO2. The van der Waals surface area contributed by atoms with Gasteiger partial charge in [0.15, 0.2) is 0 Å². The van der Waals surface area contributed by atoms with E-state index in [9.17, 15) is 6.85 Å². The molecular weight excluding hydrogens is 489 g/mol. The summed E-state index contributed by atoms with van der Waals surface area (Å²) in [6.07, 6.45) is 3.89. The van der Waals surface area contributed by atoms with Crippen molar-refractivity contribution in [1.82, 2.24) is 0 Å². The third-order valence-electron chi connectivity index (χ3n) is 10.2. The van der Waals surface area contributed by atoms with Crippen LogP contribution in [0.1, 0.15) is 131 Å².